The van der Waals surface area contributed by atoms with Crippen molar-refractivity contribution in [1.82, 2.24) is 0 Å². The number of ether oxygens (including phenoxy) is 5. The summed E-state index contributed by atoms with van der Waals surface area (Å²) in [5.74, 6) is -0.575. The zero-order valence-electron chi connectivity index (χ0n) is 32.8. The zero-order chi connectivity index (χ0) is 36.8. The van der Waals surface area contributed by atoms with Gasteiger partial charge in [0.2, 0.25) is 0 Å². The van der Waals surface area contributed by atoms with E-state index in [2.05, 4.69) is 118 Å². The Balaban J connectivity index is 1.65. The van der Waals surface area contributed by atoms with Crippen LogP contribution in [0.15, 0.2) is 46.1 Å². The van der Waals surface area contributed by atoms with Crippen LogP contribution in [-0.2, 0) is 32.9 Å². The SMILES string of the molecule is CC(=C/[C@@H]1O[C@H](C/C=C/I)C[C@@H](O[Si](C)(C)C(C)(C)C)[C@@H]1C)/C=C/C/C=C/[C@H]1C[C@@H]2OC(C)(C)OC[C@]2(C)[C@@H](CCOC(=O)C(C)(C)C)O1. The molecule has 0 aromatic heterocycles. The van der Waals surface area contributed by atoms with Crippen LogP contribution in [0.5, 0.6) is 0 Å². The third-order valence-corrected chi connectivity index (χ3v) is 15.8. The van der Waals surface area contributed by atoms with E-state index in [-0.39, 0.29) is 59.0 Å². The Hall–Kier alpha value is -0.823. The van der Waals surface area contributed by atoms with E-state index in [1.54, 1.807) is 0 Å². The monoisotopic (exact) mass is 814 g/mol. The Morgan fingerprint density at radius 2 is 1.71 bits per heavy atom. The van der Waals surface area contributed by atoms with E-state index in [0.717, 1.165) is 25.7 Å². The molecule has 0 aromatic rings. The smallest absolute Gasteiger partial charge is 0.311 e. The molecule has 7 nitrogen and oxygen atoms in total. The van der Waals surface area contributed by atoms with Gasteiger partial charge in [-0.3, -0.25) is 4.79 Å². The molecule has 3 aliphatic rings. The molecule has 3 saturated heterocycles. The molecule has 0 radical (unpaired) electrons. The molecule has 0 aliphatic carbocycles. The summed E-state index contributed by atoms with van der Waals surface area (Å²) in [6.45, 7) is 28.6. The fraction of sp³-hybridized carbons (Fsp3) is 0.775. The fourth-order valence-corrected chi connectivity index (χ4v) is 8.12. The molecule has 0 bridgehead atoms. The van der Waals surface area contributed by atoms with Crippen molar-refractivity contribution in [3.05, 3.63) is 46.1 Å². The van der Waals surface area contributed by atoms with Crippen molar-refractivity contribution in [2.45, 2.75) is 169 Å². The standard InChI is InChI=1S/C40H67IO7Si/c1-28(24-32-29(2)33(25-30(45-32)20-17-22-41)48-49(12,13)38(6,7)8)18-15-14-16-19-31-26-35-40(11,27-44-39(9,10)47-35)34(46-31)21-23-43-36(42)37(3,4)5/h15-19,22,24,29-35H,14,20-21,23,25-27H2,1-13H3/b18-15+,19-16+,22-17+,28-24-/t29-,30-,31+,32+,33-,34-,35+,40-/m1/s1. The third kappa shape index (κ3) is 12.1. The molecule has 49 heavy (non-hydrogen) atoms. The quantitative estimate of drug-likeness (QED) is 0.0639. The number of rotatable bonds is 12. The number of carbonyl (C=O) groups excluding carboxylic acids is 1. The van der Waals surface area contributed by atoms with Crippen LogP contribution < -0.4 is 0 Å². The lowest BCUT2D eigenvalue weighted by Gasteiger charge is -2.54. The van der Waals surface area contributed by atoms with Crippen LogP contribution in [0.3, 0.4) is 0 Å². The predicted molar refractivity (Wildman–Crippen MR) is 210 cm³/mol. The van der Waals surface area contributed by atoms with Crippen LogP contribution in [0, 0.1) is 16.7 Å². The molecule has 0 aromatic carbocycles. The van der Waals surface area contributed by atoms with Gasteiger partial charge in [-0.05, 0) is 83.0 Å². The summed E-state index contributed by atoms with van der Waals surface area (Å²) in [5, 5.41) is 0.165. The highest BCUT2D eigenvalue weighted by Crippen LogP contribution is 2.46. The van der Waals surface area contributed by atoms with E-state index in [9.17, 15) is 4.79 Å². The molecule has 9 heteroatoms. The van der Waals surface area contributed by atoms with E-state index in [0.29, 0.717) is 19.6 Å². The largest absolute Gasteiger partial charge is 0.465 e. The summed E-state index contributed by atoms with van der Waals surface area (Å²) < 4.78 is 40.5. The topological polar surface area (TPSA) is 72.5 Å². The van der Waals surface area contributed by atoms with Crippen LogP contribution >= 0.6 is 22.6 Å². The number of allylic oxidation sites excluding steroid dienone is 4. The highest BCUT2D eigenvalue weighted by molar-refractivity contribution is 14.1. The van der Waals surface area contributed by atoms with Gasteiger partial charge in [-0.1, -0.05) is 99.2 Å². The molecule has 0 spiro atoms. The van der Waals surface area contributed by atoms with Gasteiger partial charge in [0.05, 0.1) is 55.3 Å². The van der Waals surface area contributed by atoms with Gasteiger partial charge in [0, 0.05) is 24.2 Å². The van der Waals surface area contributed by atoms with Gasteiger partial charge in [-0.15, -0.1) is 0 Å². The average molecular weight is 815 g/mol. The van der Waals surface area contributed by atoms with Crippen LogP contribution in [0.25, 0.3) is 0 Å². The maximum atomic E-state index is 12.4. The summed E-state index contributed by atoms with van der Waals surface area (Å²) in [4.78, 5) is 12.4. The van der Waals surface area contributed by atoms with Crippen molar-refractivity contribution in [3.8, 4) is 0 Å². The molecule has 0 amide bonds. The summed E-state index contributed by atoms with van der Waals surface area (Å²) in [6.07, 6.45) is 17.2. The summed E-state index contributed by atoms with van der Waals surface area (Å²) >= 11 is 2.28. The van der Waals surface area contributed by atoms with E-state index in [1.165, 1.54) is 5.57 Å². The molecule has 3 heterocycles. The van der Waals surface area contributed by atoms with Gasteiger partial charge >= 0.3 is 5.97 Å². The zero-order valence-corrected chi connectivity index (χ0v) is 35.9. The second kappa shape index (κ2) is 17.3. The number of hydrogen-bond acceptors (Lipinski definition) is 7. The van der Waals surface area contributed by atoms with Crippen molar-refractivity contribution < 1.29 is 32.9 Å². The maximum absolute atomic E-state index is 12.4. The minimum Gasteiger partial charge on any atom is -0.465 e. The van der Waals surface area contributed by atoms with E-state index < -0.39 is 19.5 Å². The van der Waals surface area contributed by atoms with Crippen LogP contribution in [-0.4, -0.2) is 69.9 Å². The van der Waals surface area contributed by atoms with Crippen molar-refractivity contribution >= 4 is 36.9 Å². The van der Waals surface area contributed by atoms with Gasteiger partial charge in [0.25, 0.3) is 0 Å². The number of fused-ring (bicyclic) bond motifs is 1. The molecule has 3 aliphatic heterocycles. The van der Waals surface area contributed by atoms with Gasteiger partial charge in [-0.25, -0.2) is 0 Å². The maximum Gasteiger partial charge on any atom is 0.311 e. The first-order chi connectivity index (χ1) is 22.6. The number of carbonyl (C=O) groups is 1. The fourth-order valence-electron chi connectivity index (χ4n) is 6.40. The summed E-state index contributed by atoms with van der Waals surface area (Å²) in [7, 11) is -1.91. The molecule has 280 valence electrons. The molecule has 0 N–H and O–H groups in total. The molecular formula is C40H67IO7Si. The minimum absolute atomic E-state index is 0.00426. The molecule has 8 atom stereocenters. The van der Waals surface area contributed by atoms with Gasteiger partial charge in [-0.2, -0.15) is 0 Å². The Labute approximate surface area is 313 Å². The van der Waals surface area contributed by atoms with Crippen molar-refractivity contribution in [2.24, 2.45) is 16.7 Å². The normalized spacial score (nSPS) is 33.3. The van der Waals surface area contributed by atoms with Crippen molar-refractivity contribution in [2.75, 3.05) is 13.2 Å². The van der Waals surface area contributed by atoms with E-state index in [4.69, 9.17) is 28.1 Å². The first-order valence-corrected chi connectivity index (χ1v) is 22.5. The van der Waals surface area contributed by atoms with Crippen molar-refractivity contribution in [1.29, 1.82) is 0 Å². The predicted octanol–water partition coefficient (Wildman–Crippen LogP) is 10.3. The first-order valence-electron chi connectivity index (χ1n) is 18.3. The molecule has 3 rings (SSSR count). The minimum atomic E-state index is -1.91. The summed E-state index contributed by atoms with van der Waals surface area (Å²) in [6, 6.07) is 0. The number of hydrogen-bond donors (Lipinski definition) is 0. The lowest BCUT2D eigenvalue weighted by atomic mass is 9.73. The summed E-state index contributed by atoms with van der Waals surface area (Å²) in [5.41, 5.74) is 0.327. The Morgan fingerprint density at radius 1 is 1.02 bits per heavy atom. The molecule has 0 saturated carbocycles. The second-order valence-electron chi connectivity index (χ2n) is 17.7. The highest BCUT2D eigenvalue weighted by Gasteiger charge is 2.53. The molecular weight excluding hydrogens is 747 g/mol. The van der Waals surface area contributed by atoms with Gasteiger partial charge in [0.15, 0.2) is 14.1 Å². The Morgan fingerprint density at radius 3 is 2.35 bits per heavy atom. The average Bonchev–Trinajstić information content (AvgIpc) is 2.97. The number of esters is 1. The first kappa shape index (κ1) is 42.6. The van der Waals surface area contributed by atoms with Crippen LogP contribution in [0.4, 0.5) is 0 Å². The van der Waals surface area contributed by atoms with E-state index >= 15 is 0 Å². The lowest BCUT2D eigenvalue weighted by molar-refractivity contribution is -0.351. The van der Waals surface area contributed by atoms with Gasteiger partial charge in [0.1, 0.15) is 0 Å². The molecule has 0 unspecified atom stereocenters. The second-order valence-corrected chi connectivity index (χ2v) is 23.2. The van der Waals surface area contributed by atoms with Crippen LogP contribution in [0.1, 0.15) is 108 Å². The molecule has 3 fully saturated rings. The Kier molecular flexibility index (Phi) is 15.1. The highest BCUT2D eigenvalue weighted by atomic mass is 127. The third-order valence-electron chi connectivity index (χ3n) is 10.8. The number of halogens is 1. The Bertz CT molecular complexity index is 1210. The lowest BCUT2D eigenvalue weighted by Crippen LogP contribution is -2.61. The van der Waals surface area contributed by atoms with E-state index in [1.807, 2.05) is 34.6 Å². The van der Waals surface area contributed by atoms with Crippen molar-refractivity contribution in [3.63, 3.8) is 0 Å². The van der Waals surface area contributed by atoms with Gasteiger partial charge < -0.3 is 28.1 Å². The van der Waals surface area contributed by atoms with Crippen LogP contribution in [0.2, 0.25) is 18.1 Å².